The van der Waals surface area contributed by atoms with Crippen LogP contribution in [0.5, 0.6) is 0 Å². The van der Waals surface area contributed by atoms with Crippen LogP contribution in [0.25, 0.3) is 0 Å². The van der Waals surface area contributed by atoms with Crippen molar-refractivity contribution in [1.29, 1.82) is 0 Å². The Morgan fingerprint density at radius 3 is 2.87 bits per heavy atom. The first-order chi connectivity index (χ1) is 11.2. The molecule has 2 spiro atoms. The summed E-state index contributed by atoms with van der Waals surface area (Å²) in [5.74, 6) is 0.700. The van der Waals surface area contributed by atoms with Crippen molar-refractivity contribution >= 4 is 5.69 Å². The number of benzene rings is 1. The molecule has 1 N–H and O–H groups in total. The molecule has 2 saturated carbocycles. The van der Waals surface area contributed by atoms with Crippen LogP contribution in [0.1, 0.15) is 37.7 Å². The van der Waals surface area contributed by atoms with Crippen LogP contribution in [0, 0.1) is 11.7 Å². The number of nitrogens with one attached hydrogen (secondary N) is 1. The van der Waals surface area contributed by atoms with Crippen molar-refractivity contribution in [3.63, 3.8) is 0 Å². The van der Waals surface area contributed by atoms with E-state index in [0.717, 1.165) is 50.1 Å². The first-order valence-electron chi connectivity index (χ1n) is 9.16. The van der Waals surface area contributed by atoms with Crippen LogP contribution in [0.4, 0.5) is 10.1 Å². The molecule has 3 aliphatic heterocycles. The van der Waals surface area contributed by atoms with Crippen molar-refractivity contribution in [3.05, 3.63) is 29.6 Å². The summed E-state index contributed by atoms with van der Waals surface area (Å²) >= 11 is 0. The minimum Gasteiger partial charge on any atom is -0.384 e. The average molecular weight is 314 g/mol. The molecule has 6 rings (SSSR count). The second-order valence-electron chi connectivity index (χ2n) is 8.38. The third kappa shape index (κ3) is 1.57. The molecule has 0 radical (unpaired) electrons. The second kappa shape index (κ2) is 4.09. The van der Waals surface area contributed by atoms with Gasteiger partial charge in [-0.15, -0.1) is 0 Å². The maximum absolute atomic E-state index is 13.7. The summed E-state index contributed by atoms with van der Waals surface area (Å²) in [5.41, 5.74) is 2.84. The molecule has 0 amide bonds. The molecular weight excluding hydrogens is 291 g/mol. The van der Waals surface area contributed by atoms with Crippen molar-refractivity contribution in [2.24, 2.45) is 5.92 Å². The van der Waals surface area contributed by atoms with E-state index >= 15 is 0 Å². The van der Waals surface area contributed by atoms with Gasteiger partial charge in [0, 0.05) is 29.6 Å². The largest absolute Gasteiger partial charge is 0.384 e. The zero-order chi connectivity index (χ0) is 15.2. The second-order valence-corrected chi connectivity index (χ2v) is 8.38. The lowest BCUT2D eigenvalue weighted by Gasteiger charge is -2.51. The number of ether oxygens (including phenoxy) is 1. The van der Waals surface area contributed by atoms with Crippen molar-refractivity contribution in [2.75, 3.05) is 25.0 Å². The van der Waals surface area contributed by atoms with E-state index in [-0.39, 0.29) is 11.2 Å². The number of likely N-dealkylation sites (tertiary alicyclic amines) is 1. The highest BCUT2D eigenvalue weighted by atomic mass is 19.1. The Labute approximate surface area is 136 Å². The van der Waals surface area contributed by atoms with Crippen LogP contribution in [0.2, 0.25) is 0 Å². The lowest BCUT2D eigenvalue weighted by Crippen LogP contribution is -2.59. The average Bonchev–Trinajstić information content (AvgIpc) is 3.11. The Balaban J connectivity index is 1.20. The number of hydrogen-bond acceptors (Lipinski definition) is 3. The van der Waals surface area contributed by atoms with E-state index in [9.17, 15) is 4.39 Å². The van der Waals surface area contributed by atoms with Gasteiger partial charge in [0.25, 0.3) is 0 Å². The van der Waals surface area contributed by atoms with E-state index in [1.165, 1.54) is 24.8 Å². The summed E-state index contributed by atoms with van der Waals surface area (Å²) in [6.07, 6.45) is 6.82. The van der Waals surface area contributed by atoms with Gasteiger partial charge in [0.2, 0.25) is 0 Å². The molecule has 4 atom stereocenters. The van der Waals surface area contributed by atoms with Gasteiger partial charge in [0.05, 0.1) is 6.10 Å². The van der Waals surface area contributed by atoms with E-state index in [1.807, 2.05) is 6.07 Å². The van der Waals surface area contributed by atoms with Crippen LogP contribution in [-0.4, -0.2) is 42.3 Å². The molecule has 122 valence electrons. The summed E-state index contributed by atoms with van der Waals surface area (Å²) in [7, 11) is 0. The van der Waals surface area contributed by atoms with Crippen molar-refractivity contribution < 1.29 is 9.13 Å². The summed E-state index contributed by atoms with van der Waals surface area (Å²) in [6, 6.07) is 5.99. The molecule has 2 saturated heterocycles. The third-order valence-electron chi connectivity index (χ3n) is 7.60. The fourth-order valence-corrected chi connectivity index (χ4v) is 6.18. The van der Waals surface area contributed by atoms with Gasteiger partial charge in [-0.2, -0.15) is 0 Å². The fourth-order valence-electron chi connectivity index (χ4n) is 6.18. The van der Waals surface area contributed by atoms with Crippen LogP contribution in [-0.2, 0) is 10.2 Å². The van der Waals surface area contributed by atoms with Gasteiger partial charge in [0.1, 0.15) is 11.4 Å². The maximum atomic E-state index is 13.7. The topological polar surface area (TPSA) is 27.8 Å². The third-order valence-corrected chi connectivity index (χ3v) is 7.60. The number of nitrogens with zero attached hydrogens (tertiary/aromatic N) is 1. The van der Waals surface area contributed by atoms with Crippen molar-refractivity contribution in [2.45, 2.75) is 55.3 Å². The van der Waals surface area contributed by atoms with Gasteiger partial charge in [0.15, 0.2) is 0 Å². The molecule has 1 aromatic carbocycles. The first-order valence-corrected chi connectivity index (χ1v) is 9.16. The first kappa shape index (κ1) is 13.2. The summed E-state index contributed by atoms with van der Waals surface area (Å²) < 4.78 is 19.6. The molecule has 23 heavy (non-hydrogen) atoms. The molecule has 3 heterocycles. The van der Waals surface area contributed by atoms with E-state index in [4.69, 9.17) is 4.74 Å². The normalized spacial score (nSPS) is 42.6. The van der Waals surface area contributed by atoms with Crippen LogP contribution < -0.4 is 5.32 Å². The molecule has 0 aromatic heterocycles. The van der Waals surface area contributed by atoms with Gasteiger partial charge in [-0.05, 0) is 69.0 Å². The molecule has 5 aliphatic rings. The Kier molecular flexibility index (Phi) is 2.35. The maximum Gasteiger partial charge on any atom is 0.123 e. The minimum atomic E-state index is -0.0990. The molecule has 2 aliphatic carbocycles. The zero-order valence-electron chi connectivity index (χ0n) is 13.4. The monoisotopic (exact) mass is 314 g/mol. The number of anilines is 1. The molecular formula is C19H23FN2O. The number of fused-ring (bicyclic) bond motifs is 2. The molecule has 4 unspecified atom stereocenters. The lowest BCUT2D eigenvalue weighted by molar-refractivity contribution is -0.0374. The summed E-state index contributed by atoms with van der Waals surface area (Å²) in [5, 5.41) is 3.50. The van der Waals surface area contributed by atoms with Crippen molar-refractivity contribution in [3.8, 4) is 0 Å². The molecule has 0 bridgehead atoms. The predicted octanol–water partition coefficient (Wildman–Crippen LogP) is 2.90. The van der Waals surface area contributed by atoms with Gasteiger partial charge in [-0.3, -0.25) is 4.90 Å². The van der Waals surface area contributed by atoms with Crippen molar-refractivity contribution in [1.82, 2.24) is 4.90 Å². The van der Waals surface area contributed by atoms with Crippen LogP contribution >= 0.6 is 0 Å². The van der Waals surface area contributed by atoms with Gasteiger partial charge in [-0.25, -0.2) is 4.39 Å². The minimum absolute atomic E-state index is 0.0990. The Hall–Kier alpha value is -1.13. The SMILES string of the molecule is Fc1ccc2c(c1)C1(CCN(C3CC45OC4CCC35)CC1)CN2. The number of rotatable bonds is 1. The number of hydrogen-bond donors (Lipinski definition) is 1. The highest BCUT2D eigenvalue weighted by Crippen LogP contribution is 2.66. The molecule has 1 aromatic rings. The summed E-state index contributed by atoms with van der Waals surface area (Å²) in [6.45, 7) is 3.28. The van der Waals surface area contributed by atoms with E-state index in [0.29, 0.717) is 11.7 Å². The number of epoxide rings is 1. The quantitative estimate of drug-likeness (QED) is 0.808. The lowest BCUT2D eigenvalue weighted by atomic mass is 9.67. The van der Waals surface area contributed by atoms with E-state index in [2.05, 4.69) is 10.2 Å². The standard InChI is InChI=1S/C19H23FN2O/c20-12-1-3-15-14(9-12)18(11-21-15)5-7-22(8-6-18)16-10-19-13(16)2-4-17(19)23-19/h1,3,9,13,16-17,21H,2,4-8,10-11H2. The van der Waals surface area contributed by atoms with Gasteiger partial charge < -0.3 is 10.1 Å². The number of piperidine rings is 1. The molecule has 4 heteroatoms. The zero-order valence-corrected chi connectivity index (χ0v) is 13.4. The van der Waals surface area contributed by atoms with Gasteiger partial charge in [-0.1, -0.05) is 0 Å². The van der Waals surface area contributed by atoms with E-state index < -0.39 is 0 Å². The smallest absolute Gasteiger partial charge is 0.123 e. The molecule has 4 fully saturated rings. The Morgan fingerprint density at radius 2 is 2.09 bits per heavy atom. The predicted molar refractivity (Wildman–Crippen MR) is 86.1 cm³/mol. The molecule has 3 nitrogen and oxygen atoms in total. The summed E-state index contributed by atoms with van der Waals surface area (Å²) in [4.78, 5) is 2.71. The number of halogens is 1. The van der Waals surface area contributed by atoms with Crippen LogP contribution in [0.3, 0.4) is 0 Å². The van der Waals surface area contributed by atoms with Crippen LogP contribution in [0.15, 0.2) is 18.2 Å². The van der Waals surface area contributed by atoms with E-state index in [1.54, 1.807) is 12.1 Å². The van der Waals surface area contributed by atoms with Gasteiger partial charge >= 0.3 is 0 Å². The Bertz CT molecular complexity index is 682. The highest BCUT2D eigenvalue weighted by molar-refractivity contribution is 5.60. The fraction of sp³-hybridized carbons (Fsp3) is 0.684. The Morgan fingerprint density at radius 1 is 1.22 bits per heavy atom. The highest BCUT2D eigenvalue weighted by Gasteiger charge is 2.74.